The van der Waals surface area contributed by atoms with Crippen LogP contribution < -0.4 is 0 Å². The van der Waals surface area contributed by atoms with Crippen LogP contribution in [-0.4, -0.2) is 5.75 Å². The van der Waals surface area contributed by atoms with E-state index in [1.165, 1.54) is 23.5 Å². The lowest BCUT2D eigenvalue weighted by atomic mass is 10.1. The van der Waals surface area contributed by atoms with Gasteiger partial charge in [-0.25, -0.2) is 0 Å². The van der Waals surface area contributed by atoms with Gasteiger partial charge in [0.05, 0.1) is 0 Å². The molecule has 2 aliphatic rings. The maximum Gasteiger partial charge on any atom is 0.0101 e. The van der Waals surface area contributed by atoms with Crippen molar-refractivity contribution >= 4 is 11.8 Å². The highest BCUT2D eigenvalue weighted by Crippen LogP contribution is 2.33. The molecule has 1 aliphatic heterocycles. The highest BCUT2D eigenvalue weighted by molar-refractivity contribution is 8.03. The SMILES string of the molecule is CC1C=CC2=C(C=C1)SCCC2. The third-order valence-corrected chi connectivity index (χ3v) is 3.52. The molecule has 0 amide bonds. The quantitative estimate of drug-likeness (QED) is 0.547. The van der Waals surface area contributed by atoms with Gasteiger partial charge in [0.2, 0.25) is 0 Å². The highest BCUT2D eigenvalue weighted by atomic mass is 32.2. The highest BCUT2D eigenvalue weighted by Gasteiger charge is 2.10. The van der Waals surface area contributed by atoms with Crippen molar-refractivity contribution in [2.75, 3.05) is 5.75 Å². The van der Waals surface area contributed by atoms with Crippen LogP contribution in [0.4, 0.5) is 0 Å². The molecule has 0 spiro atoms. The average molecular weight is 178 g/mol. The summed E-state index contributed by atoms with van der Waals surface area (Å²) >= 11 is 2.00. The zero-order valence-corrected chi connectivity index (χ0v) is 8.23. The van der Waals surface area contributed by atoms with Gasteiger partial charge in [0.25, 0.3) is 0 Å². The molecule has 1 heteroatoms. The first kappa shape index (κ1) is 8.18. The van der Waals surface area contributed by atoms with Crippen molar-refractivity contribution in [3.05, 3.63) is 34.8 Å². The summed E-state index contributed by atoms with van der Waals surface area (Å²) in [6.07, 6.45) is 11.8. The van der Waals surface area contributed by atoms with Crippen LogP contribution in [0.5, 0.6) is 0 Å². The molecule has 0 saturated carbocycles. The van der Waals surface area contributed by atoms with E-state index in [9.17, 15) is 0 Å². The van der Waals surface area contributed by atoms with Gasteiger partial charge in [-0.3, -0.25) is 0 Å². The van der Waals surface area contributed by atoms with E-state index in [4.69, 9.17) is 0 Å². The number of hydrogen-bond donors (Lipinski definition) is 0. The molecular weight excluding hydrogens is 164 g/mol. The van der Waals surface area contributed by atoms with E-state index in [-0.39, 0.29) is 0 Å². The largest absolute Gasteiger partial charge is 0.126 e. The summed E-state index contributed by atoms with van der Waals surface area (Å²) < 4.78 is 0. The van der Waals surface area contributed by atoms with Crippen LogP contribution in [0.3, 0.4) is 0 Å². The standard InChI is InChI=1S/C11H14S/c1-9-4-6-10-3-2-8-12-11(10)7-5-9/h4-7,9H,2-3,8H2,1H3. The van der Waals surface area contributed by atoms with Crippen molar-refractivity contribution in [1.82, 2.24) is 0 Å². The van der Waals surface area contributed by atoms with Crippen LogP contribution in [0.25, 0.3) is 0 Å². The molecule has 1 unspecified atom stereocenters. The average Bonchev–Trinajstić information content (AvgIpc) is 2.29. The number of allylic oxidation sites excluding steroid dienone is 5. The fourth-order valence-corrected chi connectivity index (χ4v) is 2.59. The molecule has 0 saturated heterocycles. The Labute approximate surface area is 78.4 Å². The minimum absolute atomic E-state index is 0.608. The van der Waals surface area contributed by atoms with Crippen molar-refractivity contribution in [2.45, 2.75) is 19.8 Å². The Kier molecular flexibility index (Phi) is 2.40. The Morgan fingerprint density at radius 2 is 2.17 bits per heavy atom. The van der Waals surface area contributed by atoms with Gasteiger partial charge in [0.15, 0.2) is 0 Å². The molecule has 1 aliphatic carbocycles. The summed E-state index contributed by atoms with van der Waals surface area (Å²) in [5.41, 5.74) is 1.55. The summed E-state index contributed by atoms with van der Waals surface area (Å²) in [6, 6.07) is 0. The van der Waals surface area contributed by atoms with E-state index in [1.54, 1.807) is 5.57 Å². The molecule has 1 heterocycles. The molecule has 0 nitrogen and oxygen atoms in total. The van der Waals surface area contributed by atoms with Crippen LogP contribution in [-0.2, 0) is 0 Å². The third kappa shape index (κ3) is 1.66. The Morgan fingerprint density at radius 1 is 1.33 bits per heavy atom. The second kappa shape index (κ2) is 3.53. The molecule has 0 radical (unpaired) electrons. The predicted octanol–water partition coefficient (Wildman–Crippen LogP) is 3.53. The van der Waals surface area contributed by atoms with E-state index in [0.29, 0.717) is 5.92 Å². The zero-order chi connectivity index (χ0) is 8.39. The van der Waals surface area contributed by atoms with Crippen molar-refractivity contribution < 1.29 is 0 Å². The van der Waals surface area contributed by atoms with Gasteiger partial charge >= 0.3 is 0 Å². The first-order valence-electron chi connectivity index (χ1n) is 4.58. The molecule has 0 aromatic carbocycles. The van der Waals surface area contributed by atoms with Crippen LogP contribution in [0.2, 0.25) is 0 Å². The first-order chi connectivity index (χ1) is 5.86. The summed E-state index contributed by atoms with van der Waals surface area (Å²) in [4.78, 5) is 1.50. The first-order valence-corrected chi connectivity index (χ1v) is 5.57. The minimum Gasteiger partial charge on any atom is -0.126 e. The maximum atomic E-state index is 2.31. The second-order valence-corrected chi connectivity index (χ2v) is 4.56. The van der Waals surface area contributed by atoms with E-state index in [0.717, 1.165) is 0 Å². The van der Waals surface area contributed by atoms with Crippen LogP contribution in [0, 0.1) is 5.92 Å². The van der Waals surface area contributed by atoms with Gasteiger partial charge in [0.1, 0.15) is 0 Å². The second-order valence-electron chi connectivity index (χ2n) is 3.42. The van der Waals surface area contributed by atoms with E-state index >= 15 is 0 Å². The Hall–Kier alpha value is -0.430. The molecule has 0 N–H and O–H groups in total. The van der Waals surface area contributed by atoms with Crippen molar-refractivity contribution in [1.29, 1.82) is 0 Å². The van der Waals surface area contributed by atoms with Crippen LogP contribution in [0.15, 0.2) is 34.8 Å². The van der Waals surface area contributed by atoms with Crippen LogP contribution in [0.1, 0.15) is 19.8 Å². The van der Waals surface area contributed by atoms with Gasteiger partial charge in [-0.1, -0.05) is 31.2 Å². The van der Waals surface area contributed by atoms with E-state index in [2.05, 4.69) is 31.2 Å². The number of rotatable bonds is 0. The van der Waals surface area contributed by atoms with Crippen molar-refractivity contribution in [3.8, 4) is 0 Å². The third-order valence-electron chi connectivity index (χ3n) is 2.32. The molecule has 0 bridgehead atoms. The fourth-order valence-electron chi connectivity index (χ4n) is 1.55. The molecule has 2 rings (SSSR count). The van der Waals surface area contributed by atoms with Crippen molar-refractivity contribution in [2.24, 2.45) is 5.92 Å². The molecule has 12 heavy (non-hydrogen) atoms. The summed E-state index contributed by atoms with van der Waals surface area (Å²) in [5, 5.41) is 0. The normalized spacial score (nSPS) is 28.6. The van der Waals surface area contributed by atoms with Gasteiger partial charge < -0.3 is 0 Å². The molecule has 0 aromatic rings. The summed E-state index contributed by atoms with van der Waals surface area (Å²) in [7, 11) is 0. The lowest BCUT2D eigenvalue weighted by Gasteiger charge is -2.13. The molecule has 0 aromatic heterocycles. The Bertz CT molecular complexity index is 232. The van der Waals surface area contributed by atoms with Gasteiger partial charge in [0, 0.05) is 4.91 Å². The lowest BCUT2D eigenvalue weighted by Crippen LogP contribution is -1.93. The molecule has 64 valence electrons. The van der Waals surface area contributed by atoms with Gasteiger partial charge in [-0.2, -0.15) is 0 Å². The predicted molar refractivity (Wildman–Crippen MR) is 56.2 cm³/mol. The van der Waals surface area contributed by atoms with E-state index in [1.807, 2.05) is 11.8 Å². The lowest BCUT2D eigenvalue weighted by molar-refractivity contribution is 0.917. The van der Waals surface area contributed by atoms with E-state index < -0.39 is 0 Å². The van der Waals surface area contributed by atoms with Crippen LogP contribution >= 0.6 is 11.8 Å². The minimum atomic E-state index is 0.608. The van der Waals surface area contributed by atoms with Crippen molar-refractivity contribution in [3.63, 3.8) is 0 Å². The zero-order valence-electron chi connectivity index (χ0n) is 7.42. The fraction of sp³-hybridized carbons (Fsp3) is 0.455. The molecular formula is C11H14S. The van der Waals surface area contributed by atoms with Gasteiger partial charge in [-0.05, 0) is 30.1 Å². The monoisotopic (exact) mass is 178 g/mol. The smallest absolute Gasteiger partial charge is 0.0101 e. The van der Waals surface area contributed by atoms with Gasteiger partial charge in [-0.15, -0.1) is 11.8 Å². The number of thioether (sulfide) groups is 1. The molecule has 0 fully saturated rings. The molecule has 1 atom stereocenters. The summed E-state index contributed by atoms with van der Waals surface area (Å²) in [5.74, 6) is 1.90. The maximum absolute atomic E-state index is 2.31. The number of hydrogen-bond acceptors (Lipinski definition) is 1. The summed E-state index contributed by atoms with van der Waals surface area (Å²) in [6.45, 7) is 2.23. The topological polar surface area (TPSA) is 0 Å². The Morgan fingerprint density at radius 3 is 3.08 bits per heavy atom. The Balaban J connectivity index is 2.29.